The van der Waals surface area contributed by atoms with E-state index in [9.17, 15) is 9.59 Å². The third-order valence-electron chi connectivity index (χ3n) is 8.72. The Morgan fingerprint density at radius 1 is 1.03 bits per heavy atom. The van der Waals surface area contributed by atoms with E-state index < -0.39 is 11.5 Å². The molecule has 39 heavy (non-hydrogen) atoms. The first-order valence-electron chi connectivity index (χ1n) is 13.6. The molecule has 1 unspecified atom stereocenters. The highest BCUT2D eigenvalue weighted by molar-refractivity contribution is 6.31. The number of allylic oxidation sites excluding steroid dienone is 4. The van der Waals surface area contributed by atoms with Gasteiger partial charge in [0.15, 0.2) is 0 Å². The Bertz CT molecular complexity index is 1440. The molecule has 2 heterocycles. The molecule has 1 spiro atoms. The molecule has 1 saturated carbocycles. The Hall–Kier alpha value is -3.20. The van der Waals surface area contributed by atoms with E-state index in [-0.39, 0.29) is 36.2 Å². The first kappa shape index (κ1) is 26.0. The first-order valence-corrected chi connectivity index (χ1v) is 14.4. The van der Waals surface area contributed by atoms with E-state index in [1.165, 1.54) is 6.42 Å². The fourth-order valence-electron chi connectivity index (χ4n) is 6.98. The Kier molecular flexibility index (Phi) is 6.95. The summed E-state index contributed by atoms with van der Waals surface area (Å²) in [6.45, 7) is 0. The quantitative estimate of drug-likeness (QED) is 0.404. The molecule has 1 saturated heterocycles. The van der Waals surface area contributed by atoms with E-state index in [2.05, 4.69) is 22.6 Å². The molecular formula is C32H30Cl2N2O3. The average Bonchev–Trinajstić information content (AvgIpc) is 3.21. The number of terminal acetylenes is 1. The largest absolute Gasteiger partial charge is 0.490 e. The number of hydrogen-bond donors (Lipinski definition) is 2. The lowest BCUT2D eigenvalue weighted by molar-refractivity contribution is -0.135. The van der Waals surface area contributed by atoms with Crippen LogP contribution in [0.2, 0.25) is 5.02 Å². The van der Waals surface area contributed by atoms with Crippen molar-refractivity contribution in [2.24, 2.45) is 11.8 Å². The van der Waals surface area contributed by atoms with Gasteiger partial charge < -0.3 is 15.4 Å². The minimum absolute atomic E-state index is 0.0777. The van der Waals surface area contributed by atoms with Gasteiger partial charge in [0.1, 0.15) is 11.2 Å². The Labute approximate surface area is 239 Å². The molecule has 0 aromatic heterocycles. The van der Waals surface area contributed by atoms with Crippen molar-refractivity contribution in [2.45, 2.75) is 62.5 Å². The number of rotatable bonds is 4. The van der Waals surface area contributed by atoms with Crippen molar-refractivity contribution in [2.75, 3.05) is 5.32 Å². The van der Waals surface area contributed by atoms with Gasteiger partial charge in [-0.1, -0.05) is 53.8 Å². The summed E-state index contributed by atoms with van der Waals surface area (Å²) in [5, 5.41) is 7.53. The van der Waals surface area contributed by atoms with Crippen LogP contribution in [0.5, 0.6) is 5.75 Å². The van der Waals surface area contributed by atoms with Crippen LogP contribution in [0.15, 0.2) is 59.7 Å². The summed E-state index contributed by atoms with van der Waals surface area (Å²) in [7, 11) is 0. The maximum Gasteiger partial charge on any atom is 0.237 e. The normalized spacial score (nSPS) is 28.3. The predicted octanol–water partition coefficient (Wildman–Crippen LogP) is 6.80. The molecule has 4 atom stereocenters. The van der Waals surface area contributed by atoms with E-state index in [1.807, 2.05) is 36.4 Å². The highest BCUT2D eigenvalue weighted by Crippen LogP contribution is 2.58. The molecule has 2 aliphatic heterocycles. The van der Waals surface area contributed by atoms with Crippen molar-refractivity contribution < 1.29 is 14.3 Å². The van der Waals surface area contributed by atoms with Crippen molar-refractivity contribution in [1.29, 1.82) is 0 Å². The second-order valence-electron chi connectivity index (χ2n) is 11.0. The lowest BCUT2D eigenvalue weighted by Crippen LogP contribution is -2.59. The molecule has 4 aliphatic rings. The number of halogens is 2. The van der Waals surface area contributed by atoms with Crippen LogP contribution in [0.4, 0.5) is 5.69 Å². The lowest BCUT2D eigenvalue weighted by atomic mass is 9.57. The van der Waals surface area contributed by atoms with Gasteiger partial charge >= 0.3 is 0 Å². The van der Waals surface area contributed by atoms with Crippen LogP contribution in [0, 0.1) is 24.2 Å². The predicted molar refractivity (Wildman–Crippen MR) is 154 cm³/mol. The summed E-state index contributed by atoms with van der Waals surface area (Å²) < 4.78 is 6.60. The Morgan fingerprint density at radius 3 is 2.62 bits per heavy atom. The third-order valence-corrected chi connectivity index (χ3v) is 9.23. The van der Waals surface area contributed by atoms with E-state index in [4.69, 9.17) is 34.4 Å². The number of anilines is 1. The fourth-order valence-corrected chi connectivity index (χ4v) is 7.40. The van der Waals surface area contributed by atoms with Crippen LogP contribution < -0.4 is 15.4 Å². The Morgan fingerprint density at radius 2 is 1.85 bits per heavy atom. The topological polar surface area (TPSA) is 67.4 Å². The lowest BCUT2D eigenvalue weighted by Gasteiger charge is -2.49. The number of benzene rings is 2. The molecule has 2 aromatic carbocycles. The van der Waals surface area contributed by atoms with Gasteiger partial charge in [0.05, 0.1) is 12.1 Å². The van der Waals surface area contributed by atoms with Crippen molar-refractivity contribution in [1.82, 2.24) is 5.32 Å². The zero-order valence-corrected chi connectivity index (χ0v) is 23.0. The summed E-state index contributed by atoms with van der Waals surface area (Å²) in [6.07, 6.45) is 17.9. The van der Waals surface area contributed by atoms with Gasteiger partial charge in [-0.25, -0.2) is 0 Å². The zero-order chi connectivity index (χ0) is 27.1. The maximum atomic E-state index is 14.3. The molecule has 2 fully saturated rings. The smallest absolute Gasteiger partial charge is 0.237 e. The Balaban J connectivity index is 1.55. The summed E-state index contributed by atoms with van der Waals surface area (Å²) >= 11 is 12.8. The minimum atomic E-state index is -1.13. The third kappa shape index (κ3) is 4.54. The monoisotopic (exact) mass is 560 g/mol. The van der Waals surface area contributed by atoms with Crippen LogP contribution >= 0.6 is 23.2 Å². The van der Waals surface area contributed by atoms with Gasteiger partial charge in [-0.3, -0.25) is 9.59 Å². The number of nitrogens with one attached hydrogen (secondary N) is 2. The molecule has 6 rings (SSSR count). The van der Waals surface area contributed by atoms with E-state index >= 15 is 0 Å². The number of piperidine rings is 1. The molecule has 5 nitrogen and oxygen atoms in total. The van der Waals surface area contributed by atoms with Crippen LogP contribution in [-0.4, -0.2) is 17.9 Å². The number of hydrogen-bond acceptors (Lipinski definition) is 3. The summed E-state index contributed by atoms with van der Waals surface area (Å²) in [4.78, 5) is 27.8. The second kappa shape index (κ2) is 10.4. The highest BCUT2D eigenvalue weighted by Gasteiger charge is 2.62. The highest BCUT2D eigenvalue weighted by atomic mass is 35.5. The van der Waals surface area contributed by atoms with Crippen LogP contribution in [-0.2, 0) is 15.0 Å². The molecule has 2 aromatic rings. The second-order valence-corrected chi connectivity index (χ2v) is 11.9. The summed E-state index contributed by atoms with van der Waals surface area (Å²) in [5.41, 5.74) is 1.71. The van der Waals surface area contributed by atoms with E-state index in [0.29, 0.717) is 39.0 Å². The van der Waals surface area contributed by atoms with Gasteiger partial charge in [-0.2, -0.15) is 0 Å². The molecule has 0 bridgehead atoms. The molecule has 0 radical (unpaired) electrons. The number of fused-ring (bicyclic) bond motifs is 2. The molecule has 2 N–H and O–H groups in total. The van der Waals surface area contributed by atoms with Crippen molar-refractivity contribution in [3.63, 3.8) is 0 Å². The number of amides is 2. The number of ether oxygens (including phenoxy) is 1. The molecule has 2 amide bonds. The van der Waals surface area contributed by atoms with Crippen LogP contribution in [0.25, 0.3) is 0 Å². The van der Waals surface area contributed by atoms with Gasteiger partial charge in [-0.15, -0.1) is 6.42 Å². The summed E-state index contributed by atoms with van der Waals surface area (Å²) in [6, 6.07) is 10.4. The van der Waals surface area contributed by atoms with Crippen LogP contribution in [0.3, 0.4) is 0 Å². The average molecular weight is 562 g/mol. The molecule has 7 heteroatoms. The number of carbonyl (C=O) groups is 2. The van der Waals surface area contributed by atoms with Gasteiger partial charge in [-0.05, 0) is 85.9 Å². The molecule has 200 valence electrons. The zero-order valence-electron chi connectivity index (χ0n) is 21.5. The molecule has 2 aliphatic carbocycles. The molecular weight excluding hydrogens is 531 g/mol. The van der Waals surface area contributed by atoms with Crippen LogP contribution in [0.1, 0.15) is 67.7 Å². The maximum absolute atomic E-state index is 14.3. The van der Waals surface area contributed by atoms with E-state index in [1.54, 1.807) is 12.1 Å². The standard InChI is InChI=1S/C32H30Cl2N2O3/c1-2-19-11-14-28(39-23-9-4-3-5-10-23)24(15-19)30-32(25-13-12-22(34)17-27(25)35-31(32)38)26(18-29(37)36-30)20-7-6-8-21(33)16-20/h1,6-8,11-15,17,20,23,26,30H,3-5,9-10,16,18H2,(H,35,38)(H,36,37)/t20?,26-,30+,32-/m0/s1. The van der Waals surface area contributed by atoms with Gasteiger partial charge in [0, 0.05) is 33.3 Å². The van der Waals surface area contributed by atoms with E-state index in [0.717, 1.165) is 31.2 Å². The number of carbonyl (C=O) groups excluding carboxylic acids is 2. The fraction of sp³-hybridized carbons (Fsp3) is 0.375. The van der Waals surface area contributed by atoms with Crippen molar-refractivity contribution in [3.05, 3.63) is 81.4 Å². The summed E-state index contributed by atoms with van der Waals surface area (Å²) in [5.74, 6) is 2.58. The van der Waals surface area contributed by atoms with Crippen molar-refractivity contribution >= 4 is 40.7 Å². The van der Waals surface area contributed by atoms with Gasteiger partial charge in [0.2, 0.25) is 11.8 Å². The van der Waals surface area contributed by atoms with Crippen molar-refractivity contribution in [3.8, 4) is 18.1 Å². The SMILES string of the molecule is C#Cc1ccc(OC2CCCCC2)c([C@H]2NC(=O)C[C@@H](C3C=CC=C(Cl)C3)[C@]23C(=O)Nc2cc(Cl)ccc23)c1. The van der Waals surface area contributed by atoms with Gasteiger partial charge in [0.25, 0.3) is 0 Å². The first-order chi connectivity index (χ1) is 18.9. The minimum Gasteiger partial charge on any atom is -0.490 e.